The molecule has 1 unspecified atom stereocenters. The molecule has 1 heterocycles. The van der Waals surface area contributed by atoms with Crippen LogP contribution in [0.5, 0.6) is 0 Å². The Labute approximate surface area is 179 Å². The highest BCUT2D eigenvalue weighted by Crippen LogP contribution is 2.50. The third-order valence-corrected chi connectivity index (χ3v) is 5.80. The Morgan fingerprint density at radius 1 is 1.17 bits per heavy atom. The summed E-state index contributed by atoms with van der Waals surface area (Å²) >= 11 is 17.7. The smallest absolute Gasteiger partial charge is 0.435 e. The Hall–Kier alpha value is -1.96. The van der Waals surface area contributed by atoms with Crippen molar-refractivity contribution in [1.29, 1.82) is 0 Å². The minimum absolute atomic E-state index is 0.0532. The second-order valence-electron chi connectivity index (χ2n) is 6.41. The third kappa shape index (κ3) is 3.79. The number of rotatable bonds is 3. The van der Waals surface area contributed by atoms with Crippen LogP contribution >= 0.6 is 34.8 Å². The van der Waals surface area contributed by atoms with Crippen LogP contribution in [-0.2, 0) is 15.2 Å². The molecule has 0 aromatic heterocycles. The number of hydrogen-bond donors (Lipinski definition) is 0. The number of carbonyl (C=O) groups excluding carboxylic acids is 1. The molecule has 1 aliphatic heterocycles. The van der Waals surface area contributed by atoms with Gasteiger partial charge < -0.3 is 9.57 Å². The molecule has 0 radical (unpaired) electrons. The van der Waals surface area contributed by atoms with E-state index in [1.807, 2.05) is 0 Å². The van der Waals surface area contributed by atoms with Crippen LogP contribution in [-0.4, -0.2) is 25.0 Å². The summed E-state index contributed by atoms with van der Waals surface area (Å²) in [5, 5.41) is 3.37. The first kappa shape index (κ1) is 21.7. The molecule has 0 saturated heterocycles. The van der Waals surface area contributed by atoms with Crippen molar-refractivity contribution < 1.29 is 27.5 Å². The van der Waals surface area contributed by atoms with Crippen molar-refractivity contribution in [1.82, 2.24) is 0 Å². The summed E-state index contributed by atoms with van der Waals surface area (Å²) in [7, 11) is 1.24. The standard InChI is InChI=1S/C19H13Cl3F3NO3/c1-9-5-10(3-4-12(9)17(27)28-2)15-8-18(29-26-15,19(23,24)25)11-6-13(20)16(22)14(21)7-11/h3-7H,8H2,1-2H3. The van der Waals surface area contributed by atoms with Crippen molar-refractivity contribution >= 4 is 46.5 Å². The number of aryl methyl sites for hydroxylation is 1. The lowest BCUT2D eigenvalue weighted by atomic mass is 9.86. The number of carbonyl (C=O) groups is 1. The van der Waals surface area contributed by atoms with Gasteiger partial charge in [0.25, 0.3) is 5.60 Å². The Morgan fingerprint density at radius 3 is 2.31 bits per heavy atom. The zero-order valence-electron chi connectivity index (χ0n) is 15.0. The molecular formula is C19H13Cl3F3NO3. The molecule has 2 aromatic carbocycles. The second-order valence-corrected chi connectivity index (χ2v) is 7.60. The Bertz CT molecular complexity index is 1000. The molecule has 0 bridgehead atoms. The van der Waals surface area contributed by atoms with Crippen molar-refractivity contribution in [2.24, 2.45) is 5.16 Å². The molecule has 0 amide bonds. The van der Waals surface area contributed by atoms with Crippen LogP contribution in [0.1, 0.15) is 33.5 Å². The number of halogens is 6. The lowest BCUT2D eigenvalue weighted by Crippen LogP contribution is -2.42. The van der Waals surface area contributed by atoms with E-state index in [-0.39, 0.29) is 26.3 Å². The lowest BCUT2D eigenvalue weighted by molar-refractivity contribution is -0.275. The maximum absolute atomic E-state index is 14.1. The molecular weight excluding hydrogens is 454 g/mol. The number of esters is 1. The molecule has 3 rings (SSSR count). The number of ether oxygens (including phenoxy) is 1. The zero-order chi connectivity index (χ0) is 21.6. The molecule has 1 aliphatic rings. The number of nitrogens with zero attached hydrogens (tertiary/aromatic N) is 1. The Kier molecular flexibility index (Phi) is 5.77. The van der Waals surface area contributed by atoms with Crippen molar-refractivity contribution in [3.8, 4) is 0 Å². The average molecular weight is 467 g/mol. The summed E-state index contributed by atoms with van der Waals surface area (Å²) in [5.74, 6) is -0.547. The first-order valence-electron chi connectivity index (χ1n) is 8.16. The van der Waals surface area contributed by atoms with Crippen LogP contribution in [0.15, 0.2) is 35.5 Å². The Morgan fingerprint density at radius 2 is 1.79 bits per heavy atom. The zero-order valence-corrected chi connectivity index (χ0v) is 17.3. The number of oxime groups is 1. The third-order valence-electron chi connectivity index (χ3n) is 4.60. The van der Waals surface area contributed by atoms with E-state index in [0.717, 1.165) is 12.1 Å². The first-order valence-corrected chi connectivity index (χ1v) is 9.29. The molecule has 2 aromatic rings. The van der Waals surface area contributed by atoms with Crippen LogP contribution in [0.3, 0.4) is 0 Å². The fourth-order valence-corrected chi connectivity index (χ4v) is 3.63. The molecule has 1 atom stereocenters. The van der Waals surface area contributed by atoms with Crippen LogP contribution in [0.25, 0.3) is 0 Å². The average Bonchev–Trinajstić information content (AvgIpc) is 3.12. The monoisotopic (exact) mass is 465 g/mol. The number of hydrogen-bond acceptors (Lipinski definition) is 4. The van der Waals surface area contributed by atoms with Crippen molar-refractivity contribution in [2.75, 3.05) is 7.11 Å². The van der Waals surface area contributed by atoms with E-state index in [1.54, 1.807) is 13.0 Å². The molecule has 10 heteroatoms. The fourth-order valence-electron chi connectivity index (χ4n) is 3.03. The quantitative estimate of drug-likeness (QED) is 0.393. The van der Waals surface area contributed by atoms with Crippen molar-refractivity contribution in [3.05, 3.63) is 67.7 Å². The van der Waals surface area contributed by atoms with E-state index in [1.165, 1.54) is 19.2 Å². The highest BCUT2D eigenvalue weighted by atomic mass is 35.5. The molecule has 0 spiro atoms. The van der Waals surface area contributed by atoms with Crippen LogP contribution in [0.2, 0.25) is 15.1 Å². The summed E-state index contributed by atoms with van der Waals surface area (Å²) in [5.41, 5.74) is -1.81. The van der Waals surface area contributed by atoms with Gasteiger partial charge in [-0.25, -0.2) is 4.79 Å². The predicted molar refractivity (Wildman–Crippen MR) is 104 cm³/mol. The first-order chi connectivity index (χ1) is 13.5. The topological polar surface area (TPSA) is 47.9 Å². The van der Waals surface area contributed by atoms with E-state index in [0.29, 0.717) is 16.7 Å². The van der Waals surface area contributed by atoms with Crippen LogP contribution in [0, 0.1) is 6.92 Å². The van der Waals surface area contributed by atoms with Gasteiger partial charge in [-0.2, -0.15) is 13.2 Å². The SMILES string of the molecule is COC(=O)c1ccc(C2=NOC(c3cc(Cl)c(Cl)c(Cl)c3)(C(F)(F)F)C2)cc1C. The maximum atomic E-state index is 14.1. The fraction of sp³-hybridized carbons (Fsp3) is 0.263. The molecule has 0 N–H and O–H groups in total. The van der Waals surface area contributed by atoms with Gasteiger partial charge in [-0.3, -0.25) is 0 Å². The second kappa shape index (κ2) is 7.70. The minimum atomic E-state index is -4.82. The molecule has 154 valence electrons. The van der Waals surface area contributed by atoms with Gasteiger partial charge in [0.15, 0.2) is 0 Å². The van der Waals surface area contributed by atoms with E-state index in [9.17, 15) is 18.0 Å². The summed E-state index contributed by atoms with van der Waals surface area (Å²) in [6, 6.07) is 6.61. The molecule has 0 aliphatic carbocycles. The largest absolute Gasteiger partial charge is 0.465 e. The Balaban J connectivity index is 2.02. The van der Waals surface area contributed by atoms with Gasteiger partial charge >= 0.3 is 12.1 Å². The van der Waals surface area contributed by atoms with Crippen molar-refractivity contribution in [3.63, 3.8) is 0 Å². The van der Waals surface area contributed by atoms with E-state index in [4.69, 9.17) is 39.6 Å². The van der Waals surface area contributed by atoms with E-state index < -0.39 is 24.2 Å². The van der Waals surface area contributed by atoms with Gasteiger partial charge in [0.05, 0.1) is 33.5 Å². The summed E-state index contributed by atoms with van der Waals surface area (Å²) < 4.78 is 46.9. The minimum Gasteiger partial charge on any atom is -0.465 e. The summed E-state index contributed by atoms with van der Waals surface area (Å²) in [4.78, 5) is 16.7. The van der Waals surface area contributed by atoms with Gasteiger partial charge in [-0.05, 0) is 42.3 Å². The highest BCUT2D eigenvalue weighted by Gasteiger charge is 2.62. The molecule has 4 nitrogen and oxygen atoms in total. The van der Waals surface area contributed by atoms with Crippen molar-refractivity contribution in [2.45, 2.75) is 25.1 Å². The molecule has 0 fully saturated rings. The van der Waals surface area contributed by atoms with Gasteiger partial charge in [0.1, 0.15) is 0 Å². The predicted octanol–water partition coefficient (Wildman–Crippen LogP) is 6.32. The van der Waals surface area contributed by atoms with Gasteiger partial charge in [-0.15, -0.1) is 0 Å². The maximum Gasteiger partial charge on any atom is 0.435 e. The van der Waals surface area contributed by atoms with Crippen LogP contribution < -0.4 is 0 Å². The van der Waals surface area contributed by atoms with E-state index in [2.05, 4.69) is 9.89 Å². The molecule has 0 saturated carbocycles. The lowest BCUT2D eigenvalue weighted by Gasteiger charge is -2.30. The summed E-state index contributed by atoms with van der Waals surface area (Å²) in [6.07, 6.45) is -5.43. The highest BCUT2D eigenvalue weighted by molar-refractivity contribution is 6.48. The summed E-state index contributed by atoms with van der Waals surface area (Å²) in [6.45, 7) is 1.64. The number of methoxy groups -OCH3 is 1. The normalized spacial score (nSPS) is 19.0. The number of benzene rings is 2. The van der Waals surface area contributed by atoms with E-state index >= 15 is 0 Å². The van der Waals surface area contributed by atoms with Gasteiger partial charge in [-0.1, -0.05) is 46.0 Å². The van der Waals surface area contributed by atoms with Gasteiger partial charge in [0, 0.05) is 12.0 Å². The van der Waals surface area contributed by atoms with Gasteiger partial charge in [0.2, 0.25) is 0 Å². The number of alkyl halides is 3. The molecule has 29 heavy (non-hydrogen) atoms. The van der Waals surface area contributed by atoms with Crippen LogP contribution in [0.4, 0.5) is 13.2 Å².